The first-order valence-electron chi connectivity index (χ1n) is 10.5. The molecule has 7 heteroatoms. The molecule has 1 N–H and O–H groups in total. The summed E-state index contributed by atoms with van der Waals surface area (Å²) < 4.78 is 3.88. The molecule has 1 aromatic carbocycles. The van der Waals surface area contributed by atoms with E-state index in [2.05, 4.69) is 29.0 Å². The number of nitrogens with zero attached hydrogens (tertiary/aromatic N) is 4. The van der Waals surface area contributed by atoms with Crippen LogP contribution in [-0.4, -0.2) is 51.2 Å². The Morgan fingerprint density at radius 1 is 1.21 bits per heavy atom. The zero-order valence-electron chi connectivity index (χ0n) is 17.8. The Hall–Kier alpha value is -2.67. The Kier molecular flexibility index (Phi) is 6.69. The maximum Gasteiger partial charge on any atom is 0.273 e. The summed E-state index contributed by atoms with van der Waals surface area (Å²) in [7, 11) is 0. The average Bonchev–Trinajstić information content (AvgIpc) is 3.03. The summed E-state index contributed by atoms with van der Waals surface area (Å²) in [6.07, 6.45) is 1.56. The number of aromatic nitrogens is 3. The molecule has 156 valence electrons. The van der Waals surface area contributed by atoms with Crippen molar-refractivity contribution in [1.29, 1.82) is 0 Å². The topological polar surface area (TPSA) is 71.6 Å². The predicted molar refractivity (Wildman–Crippen MR) is 116 cm³/mol. The van der Waals surface area contributed by atoms with E-state index >= 15 is 0 Å². The second-order valence-corrected chi connectivity index (χ2v) is 7.33. The number of amides is 1. The Morgan fingerprint density at radius 3 is 2.62 bits per heavy atom. The fraction of sp³-hybridized carbons (Fsp3) is 0.500. The van der Waals surface area contributed by atoms with Gasteiger partial charge < -0.3 is 10.2 Å². The molecule has 0 bridgehead atoms. The zero-order chi connectivity index (χ0) is 21.0. The van der Waals surface area contributed by atoms with Gasteiger partial charge in [0.1, 0.15) is 6.04 Å². The molecule has 0 unspecified atom stereocenters. The van der Waals surface area contributed by atoms with Crippen LogP contribution in [-0.2, 0) is 4.79 Å². The molecule has 0 radical (unpaired) electrons. The molecule has 7 nitrogen and oxygen atoms in total. The number of carbonyl (C=O) groups excluding carboxylic acids is 1. The molecule has 3 rings (SSSR count). The number of fused-ring (bicyclic) bond motifs is 3. The lowest BCUT2D eigenvalue weighted by Gasteiger charge is -2.21. The summed E-state index contributed by atoms with van der Waals surface area (Å²) in [5.74, 6) is -0.00667. The molecular weight excluding hydrogens is 366 g/mol. The zero-order valence-corrected chi connectivity index (χ0v) is 17.8. The van der Waals surface area contributed by atoms with Gasteiger partial charge in [0.2, 0.25) is 5.91 Å². The number of benzene rings is 1. The first-order valence-corrected chi connectivity index (χ1v) is 10.5. The Balaban J connectivity index is 1.92. The van der Waals surface area contributed by atoms with E-state index in [1.54, 1.807) is 0 Å². The number of nitrogens with one attached hydrogen (secondary N) is 1. The van der Waals surface area contributed by atoms with Gasteiger partial charge in [-0.25, -0.2) is 4.52 Å². The van der Waals surface area contributed by atoms with Gasteiger partial charge in [-0.3, -0.25) is 14.3 Å². The number of carbonyl (C=O) groups is 1. The van der Waals surface area contributed by atoms with Crippen LogP contribution in [0.3, 0.4) is 0 Å². The molecule has 0 aliphatic rings. The SMILES string of the molecule is CC[C@H](C(=O)NCCCN(CC)CC)n1c2ccccc2c2nc(=O)cc(C)n21. The largest absolute Gasteiger partial charge is 0.354 e. The van der Waals surface area contributed by atoms with E-state index in [1.165, 1.54) is 6.07 Å². The van der Waals surface area contributed by atoms with Crippen molar-refractivity contribution in [3.63, 3.8) is 0 Å². The van der Waals surface area contributed by atoms with Crippen molar-refractivity contribution >= 4 is 22.5 Å². The number of aryl methyl sites for hydroxylation is 1. The summed E-state index contributed by atoms with van der Waals surface area (Å²) in [4.78, 5) is 31.6. The third-order valence-corrected chi connectivity index (χ3v) is 5.52. The van der Waals surface area contributed by atoms with Gasteiger partial charge in [0, 0.05) is 23.7 Å². The first kappa shape index (κ1) is 21.0. The van der Waals surface area contributed by atoms with Gasteiger partial charge in [-0.1, -0.05) is 32.9 Å². The van der Waals surface area contributed by atoms with Crippen LogP contribution in [0.5, 0.6) is 0 Å². The highest BCUT2D eigenvalue weighted by molar-refractivity contribution is 5.94. The molecular formula is C22H31N5O2. The van der Waals surface area contributed by atoms with E-state index in [4.69, 9.17) is 0 Å². The van der Waals surface area contributed by atoms with Crippen LogP contribution in [0.15, 0.2) is 35.1 Å². The molecule has 2 aromatic heterocycles. The number of hydrogen-bond acceptors (Lipinski definition) is 4. The van der Waals surface area contributed by atoms with Crippen LogP contribution in [0.25, 0.3) is 16.6 Å². The van der Waals surface area contributed by atoms with Crippen LogP contribution >= 0.6 is 0 Å². The third-order valence-electron chi connectivity index (χ3n) is 5.52. The van der Waals surface area contributed by atoms with Crippen LogP contribution in [0, 0.1) is 6.92 Å². The lowest BCUT2D eigenvalue weighted by atomic mass is 10.2. The summed E-state index contributed by atoms with van der Waals surface area (Å²) >= 11 is 0. The van der Waals surface area contributed by atoms with Gasteiger partial charge in [-0.05, 0) is 51.5 Å². The van der Waals surface area contributed by atoms with E-state index in [0.29, 0.717) is 18.6 Å². The van der Waals surface area contributed by atoms with Crippen LogP contribution in [0.1, 0.15) is 45.3 Å². The van der Waals surface area contributed by atoms with Crippen molar-refractivity contribution in [2.24, 2.45) is 0 Å². The maximum absolute atomic E-state index is 13.1. The van der Waals surface area contributed by atoms with Crippen molar-refractivity contribution < 1.29 is 4.79 Å². The summed E-state index contributed by atoms with van der Waals surface area (Å²) in [5, 5.41) is 3.98. The normalized spacial score (nSPS) is 12.7. The minimum absolute atomic E-state index is 0.00667. The van der Waals surface area contributed by atoms with E-state index in [-0.39, 0.29) is 17.5 Å². The monoisotopic (exact) mass is 397 g/mol. The van der Waals surface area contributed by atoms with E-state index < -0.39 is 0 Å². The first-order chi connectivity index (χ1) is 14.0. The molecule has 2 heterocycles. The average molecular weight is 398 g/mol. The quantitative estimate of drug-likeness (QED) is 0.564. The minimum Gasteiger partial charge on any atom is -0.354 e. The minimum atomic E-state index is -0.381. The predicted octanol–water partition coefficient (Wildman–Crippen LogP) is 2.76. The molecule has 1 amide bonds. The second-order valence-electron chi connectivity index (χ2n) is 7.33. The van der Waals surface area contributed by atoms with E-state index in [1.807, 2.05) is 47.3 Å². The third kappa shape index (κ3) is 4.19. The Bertz CT molecular complexity index is 1050. The van der Waals surface area contributed by atoms with Gasteiger partial charge in [0.25, 0.3) is 5.56 Å². The van der Waals surface area contributed by atoms with Gasteiger partial charge >= 0.3 is 0 Å². The molecule has 0 fully saturated rings. The summed E-state index contributed by atoms with van der Waals surface area (Å²) in [6.45, 7) is 11.9. The van der Waals surface area contributed by atoms with Crippen LogP contribution in [0.4, 0.5) is 0 Å². The lowest BCUT2D eigenvalue weighted by molar-refractivity contribution is -0.124. The van der Waals surface area contributed by atoms with Crippen molar-refractivity contribution in [2.45, 2.75) is 46.6 Å². The molecule has 0 aliphatic carbocycles. The highest BCUT2D eigenvalue weighted by Crippen LogP contribution is 2.26. The number of para-hydroxylation sites is 1. The van der Waals surface area contributed by atoms with Crippen molar-refractivity contribution in [1.82, 2.24) is 24.4 Å². The molecule has 0 aliphatic heterocycles. The van der Waals surface area contributed by atoms with E-state index in [9.17, 15) is 9.59 Å². The fourth-order valence-corrected chi connectivity index (χ4v) is 3.96. The summed E-state index contributed by atoms with van der Waals surface area (Å²) in [6, 6.07) is 8.92. The fourth-order valence-electron chi connectivity index (χ4n) is 3.96. The van der Waals surface area contributed by atoms with Gasteiger partial charge in [0.05, 0.1) is 5.52 Å². The van der Waals surface area contributed by atoms with Gasteiger partial charge in [0.15, 0.2) is 5.65 Å². The van der Waals surface area contributed by atoms with Crippen molar-refractivity contribution in [3.05, 3.63) is 46.4 Å². The molecule has 1 atom stereocenters. The highest BCUT2D eigenvalue weighted by Gasteiger charge is 2.24. The second kappa shape index (κ2) is 9.22. The molecule has 0 saturated heterocycles. The molecule has 3 aromatic rings. The van der Waals surface area contributed by atoms with E-state index in [0.717, 1.165) is 42.7 Å². The summed E-state index contributed by atoms with van der Waals surface area (Å²) in [5.41, 5.74) is 2.00. The standard InChI is InChI=1S/C22H31N5O2/c1-5-18(22(29)23-13-10-14-25(6-2)7-3)27-19-12-9-8-11-17(19)21-24-20(28)15-16(4)26(21)27/h8-9,11-12,15,18H,5-7,10,13-14H2,1-4H3,(H,23,29)/t18-/m1/s1. The van der Waals surface area contributed by atoms with Crippen molar-refractivity contribution in [2.75, 3.05) is 26.2 Å². The smallest absolute Gasteiger partial charge is 0.273 e. The van der Waals surface area contributed by atoms with Crippen LogP contribution < -0.4 is 10.9 Å². The molecule has 0 saturated carbocycles. The van der Waals surface area contributed by atoms with Gasteiger partial charge in [-0.15, -0.1) is 0 Å². The lowest BCUT2D eigenvalue weighted by Crippen LogP contribution is -2.36. The van der Waals surface area contributed by atoms with Crippen LogP contribution in [0.2, 0.25) is 0 Å². The number of rotatable bonds is 9. The Morgan fingerprint density at radius 2 is 1.93 bits per heavy atom. The molecule has 0 spiro atoms. The maximum atomic E-state index is 13.1. The van der Waals surface area contributed by atoms with Gasteiger partial charge in [-0.2, -0.15) is 4.98 Å². The Labute approximate surface area is 171 Å². The van der Waals surface area contributed by atoms with Crippen molar-refractivity contribution in [3.8, 4) is 0 Å². The molecule has 29 heavy (non-hydrogen) atoms. The highest BCUT2D eigenvalue weighted by atomic mass is 16.2. The number of hydrogen-bond donors (Lipinski definition) is 1.